The van der Waals surface area contributed by atoms with Gasteiger partial charge in [-0.25, -0.2) is 0 Å². The zero-order valence-electron chi connectivity index (χ0n) is 16.2. The number of hydrogen-bond donors (Lipinski definition) is 1. The van der Waals surface area contributed by atoms with Crippen molar-refractivity contribution >= 4 is 0 Å². The van der Waals surface area contributed by atoms with Crippen LogP contribution in [0, 0.1) is 0 Å². The predicted molar refractivity (Wildman–Crippen MR) is 108 cm³/mol. The van der Waals surface area contributed by atoms with Crippen molar-refractivity contribution in [1.29, 1.82) is 0 Å². The van der Waals surface area contributed by atoms with E-state index >= 15 is 0 Å². The Morgan fingerprint density at radius 2 is 1.71 bits per heavy atom. The first kappa shape index (κ1) is 20.1. The lowest BCUT2D eigenvalue weighted by Gasteiger charge is -2.24. The minimum Gasteiger partial charge on any atom is -0.497 e. The number of hydrogen-bond acceptors (Lipinski definition) is 5. The second kappa shape index (κ2) is 10.7. The first-order chi connectivity index (χ1) is 13.7. The van der Waals surface area contributed by atoms with Gasteiger partial charge >= 0.3 is 0 Å². The van der Waals surface area contributed by atoms with Crippen molar-refractivity contribution < 1.29 is 19.0 Å². The van der Waals surface area contributed by atoms with Crippen molar-refractivity contribution in [3.05, 3.63) is 89.9 Å². The number of ether oxygens (including phenoxy) is 2. The molecule has 0 aliphatic carbocycles. The summed E-state index contributed by atoms with van der Waals surface area (Å²) < 4.78 is 16.4. The minimum absolute atomic E-state index is 0.284. The maximum absolute atomic E-state index is 10.5. The number of nitrogens with zero attached hydrogens (tertiary/aromatic N) is 1. The van der Waals surface area contributed by atoms with E-state index in [2.05, 4.69) is 4.90 Å². The van der Waals surface area contributed by atoms with Crippen LogP contribution in [0.3, 0.4) is 0 Å². The summed E-state index contributed by atoms with van der Waals surface area (Å²) in [6.07, 6.45) is 1.08. The molecule has 28 heavy (non-hydrogen) atoms. The van der Waals surface area contributed by atoms with Crippen LogP contribution >= 0.6 is 0 Å². The van der Waals surface area contributed by atoms with Gasteiger partial charge in [-0.1, -0.05) is 42.5 Å². The quantitative estimate of drug-likeness (QED) is 0.546. The fraction of sp³-hybridized carbons (Fsp3) is 0.304. The van der Waals surface area contributed by atoms with E-state index in [1.807, 2.05) is 66.7 Å². The minimum atomic E-state index is -0.586. The molecule has 0 fully saturated rings. The highest BCUT2D eigenvalue weighted by atomic mass is 16.5. The molecule has 1 heterocycles. The maximum Gasteiger partial charge on any atom is 0.118 e. The first-order valence-corrected chi connectivity index (χ1v) is 9.40. The van der Waals surface area contributed by atoms with Gasteiger partial charge in [-0.15, -0.1) is 0 Å². The molecule has 0 radical (unpaired) electrons. The maximum atomic E-state index is 10.5. The van der Waals surface area contributed by atoms with Crippen LogP contribution in [-0.4, -0.2) is 36.4 Å². The smallest absolute Gasteiger partial charge is 0.118 e. The Bertz CT molecular complexity index is 787. The topological polar surface area (TPSA) is 55.1 Å². The van der Waals surface area contributed by atoms with E-state index in [0.717, 1.165) is 22.6 Å². The van der Waals surface area contributed by atoms with Gasteiger partial charge in [0.2, 0.25) is 0 Å². The van der Waals surface area contributed by atoms with Crippen molar-refractivity contribution in [3.63, 3.8) is 0 Å². The van der Waals surface area contributed by atoms with E-state index in [0.29, 0.717) is 26.2 Å². The fourth-order valence-corrected chi connectivity index (χ4v) is 3.03. The van der Waals surface area contributed by atoms with Crippen molar-refractivity contribution in [2.24, 2.45) is 0 Å². The standard InChI is InChI=1S/C23H27NO4/c1-26-22-11-9-19(10-12-22)14-24(16-23-8-5-13-28-23)15-21(25)18-27-17-20-6-3-2-4-7-20/h2-13,21,25H,14-18H2,1H3/t21-/m1/s1. The summed E-state index contributed by atoms with van der Waals surface area (Å²) in [4.78, 5) is 2.15. The summed E-state index contributed by atoms with van der Waals surface area (Å²) in [6.45, 7) is 2.58. The second-order valence-electron chi connectivity index (χ2n) is 6.75. The highest BCUT2D eigenvalue weighted by Gasteiger charge is 2.15. The molecule has 1 N–H and O–H groups in total. The van der Waals surface area contributed by atoms with Crippen LogP contribution < -0.4 is 4.74 Å². The highest BCUT2D eigenvalue weighted by molar-refractivity contribution is 5.27. The monoisotopic (exact) mass is 381 g/mol. The molecule has 0 aliphatic rings. The van der Waals surface area contributed by atoms with Crippen LogP contribution in [0.25, 0.3) is 0 Å². The van der Waals surface area contributed by atoms with Crippen LogP contribution in [0.15, 0.2) is 77.4 Å². The van der Waals surface area contributed by atoms with Gasteiger partial charge in [0.25, 0.3) is 0 Å². The molecule has 0 saturated heterocycles. The molecule has 0 amide bonds. The van der Waals surface area contributed by atoms with E-state index in [1.165, 1.54) is 0 Å². The molecule has 0 aliphatic heterocycles. The molecule has 5 heteroatoms. The number of furan rings is 1. The predicted octanol–water partition coefficient (Wildman–Crippen LogP) is 3.87. The SMILES string of the molecule is COc1ccc(CN(Cc2ccco2)C[C@@H](O)COCc2ccccc2)cc1. The van der Waals surface area contributed by atoms with Crippen molar-refractivity contribution in [3.8, 4) is 5.75 Å². The molecule has 2 aromatic carbocycles. The lowest BCUT2D eigenvalue weighted by molar-refractivity contribution is 0.00613. The van der Waals surface area contributed by atoms with Gasteiger partial charge in [-0.05, 0) is 35.4 Å². The Hall–Kier alpha value is -2.60. The Balaban J connectivity index is 1.54. The third-order valence-corrected chi connectivity index (χ3v) is 4.42. The lowest BCUT2D eigenvalue weighted by atomic mass is 10.2. The molecule has 0 saturated carbocycles. The summed E-state index contributed by atoms with van der Waals surface area (Å²) in [5.41, 5.74) is 2.24. The van der Waals surface area contributed by atoms with Crippen molar-refractivity contribution in [1.82, 2.24) is 4.90 Å². The molecule has 0 unspecified atom stereocenters. The number of aliphatic hydroxyl groups is 1. The summed E-state index contributed by atoms with van der Waals surface area (Å²) in [5, 5.41) is 10.5. The summed E-state index contributed by atoms with van der Waals surface area (Å²) >= 11 is 0. The van der Waals surface area contributed by atoms with Crippen LogP contribution in [0.2, 0.25) is 0 Å². The number of aliphatic hydroxyl groups excluding tert-OH is 1. The molecule has 0 bridgehead atoms. The zero-order valence-corrected chi connectivity index (χ0v) is 16.2. The third kappa shape index (κ3) is 6.53. The molecule has 3 rings (SSSR count). The van der Waals surface area contributed by atoms with Gasteiger partial charge in [0.1, 0.15) is 11.5 Å². The zero-order chi connectivity index (χ0) is 19.6. The Labute approximate surface area is 166 Å². The molecular weight excluding hydrogens is 354 g/mol. The largest absolute Gasteiger partial charge is 0.497 e. The van der Waals surface area contributed by atoms with Gasteiger partial charge in [0.15, 0.2) is 0 Å². The van der Waals surface area contributed by atoms with Gasteiger partial charge < -0.3 is 19.0 Å². The molecule has 1 atom stereocenters. The molecule has 1 aromatic heterocycles. The van der Waals surface area contributed by atoms with Crippen LogP contribution in [0.4, 0.5) is 0 Å². The van der Waals surface area contributed by atoms with Crippen molar-refractivity contribution in [2.45, 2.75) is 25.8 Å². The van der Waals surface area contributed by atoms with Gasteiger partial charge in [-0.2, -0.15) is 0 Å². The third-order valence-electron chi connectivity index (χ3n) is 4.42. The molecule has 148 valence electrons. The van der Waals surface area contributed by atoms with Gasteiger partial charge in [0.05, 0.1) is 39.2 Å². The van der Waals surface area contributed by atoms with E-state index in [-0.39, 0.29) is 6.61 Å². The average Bonchev–Trinajstić information content (AvgIpc) is 3.22. The molecular formula is C23H27NO4. The number of methoxy groups -OCH3 is 1. The number of rotatable bonds is 11. The van der Waals surface area contributed by atoms with Crippen LogP contribution in [-0.2, 0) is 24.4 Å². The highest BCUT2D eigenvalue weighted by Crippen LogP contribution is 2.15. The lowest BCUT2D eigenvalue weighted by Crippen LogP contribution is -2.34. The number of benzene rings is 2. The Morgan fingerprint density at radius 1 is 0.929 bits per heavy atom. The first-order valence-electron chi connectivity index (χ1n) is 9.40. The summed E-state index contributed by atoms with van der Waals surface area (Å²) in [6, 6.07) is 21.7. The van der Waals surface area contributed by atoms with Crippen molar-refractivity contribution in [2.75, 3.05) is 20.3 Å². The second-order valence-corrected chi connectivity index (χ2v) is 6.75. The summed E-state index contributed by atoms with van der Waals surface area (Å²) in [5.74, 6) is 1.70. The van der Waals surface area contributed by atoms with Crippen LogP contribution in [0.1, 0.15) is 16.9 Å². The van der Waals surface area contributed by atoms with E-state index in [9.17, 15) is 5.11 Å². The Kier molecular flexibility index (Phi) is 7.67. The normalized spacial score (nSPS) is 12.2. The average molecular weight is 381 g/mol. The molecule has 3 aromatic rings. The summed E-state index contributed by atoms with van der Waals surface area (Å²) in [7, 11) is 1.66. The molecule has 5 nitrogen and oxygen atoms in total. The Morgan fingerprint density at radius 3 is 2.39 bits per heavy atom. The fourth-order valence-electron chi connectivity index (χ4n) is 3.03. The van der Waals surface area contributed by atoms with Crippen LogP contribution in [0.5, 0.6) is 5.75 Å². The van der Waals surface area contributed by atoms with E-state index in [4.69, 9.17) is 13.9 Å². The van der Waals surface area contributed by atoms with Gasteiger partial charge in [0, 0.05) is 13.1 Å². The van der Waals surface area contributed by atoms with E-state index in [1.54, 1.807) is 13.4 Å². The van der Waals surface area contributed by atoms with Gasteiger partial charge in [-0.3, -0.25) is 4.90 Å². The van der Waals surface area contributed by atoms with E-state index < -0.39 is 6.10 Å². The molecule has 0 spiro atoms.